The molecule has 1 aliphatic rings. The Balaban J connectivity index is 2.33. The summed E-state index contributed by atoms with van der Waals surface area (Å²) in [5.74, 6) is 0.234. The molecule has 0 radical (unpaired) electrons. The highest BCUT2D eigenvalue weighted by atomic mass is 16.4. The summed E-state index contributed by atoms with van der Waals surface area (Å²) < 4.78 is 0. The molecule has 0 amide bonds. The molecule has 5 heteroatoms. The van der Waals surface area contributed by atoms with Gasteiger partial charge in [-0.15, -0.1) is 0 Å². The summed E-state index contributed by atoms with van der Waals surface area (Å²) >= 11 is 0. The summed E-state index contributed by atoms with van der Waals surface area (Å²) in [6, 6.07) is 0.167. The molecule has 0 aromatic rings. The first kappa shape index (κ1) is 13.3. The number of oxime groups is 1. The lowest BCUT2D eigenvalue weighted by Gasteiger charge is -2.26. The SMILES string of the molecule is CCC(CC(N)=NO)NCC1(O)CCCC1. The fourth-order valence-corrected chi connectivity index (χ4v) is 2.20. The highest BCUT2D eigenvalue weighted by Gasteiger charge is 2.31. The number of amidine groups is 1. The van der Waals surface area contributed by atoms with E-state index in [9.17, 15) is 5.11 Å². The minimum Gasteiger partial charge on any atom is -0.409 e. The molecule has 1 rings (SSSR count). The Bertz CT molecular complexity index is 237. The van der Waals surface area contributed by atoms with Gasteiger partial charge in [0.1, 0.15) is 5.84 Å². The van der Waals surface area contributed by atoms with Crippen LogP contribution in [-0.4, -0.2) is 34.3 Å². The molecule has 1 saturated carbocycles. The van der Waals surface area contributed by atoms with Crippen molar-refractivity contribution in [2.45, 2.75) is 57.1 Å². The quantitative estimate of drug-likeness (QED) is 0.235. The van der Waals surface area contributed by atoms with Gasteiger partial charge in [-0.1, -0.05) is 24.9 Å². The largest absolute Gasteiger partial charge is 0.409 e. The predicted molar refractivity (Wildman–Crippen MR) is 63.5 cm³/mol. The monoisotopic (exact) mass is 229 g/mol. The first-order chi connectivity index (χ1) is 7.59. The number of nitrogens with zero attached hydrogens (tertiary/aromatic N) is 1. The molecule has 0 heterocycles. The molecule has 5 nitrogen and oxygen atoms in total. The Kier molecular flexibility index (Phi) is 5.02. The van der Waals surface area contributed by atoms with Crippen LogP contribution < -0.4 is 11.1 Å². The van der Waals surface area contributed by atoms with E-state index >= 15 is 0 Å². The number of rotatable bonds is 6. The lowest BCUT2D eigenvalue weighted by atomic mass is 10.0. The lowest BCUT2D eigenvalue weighted by Crippen LogP contribution is -2.43. The zero-order valence-electron chi connectivity index (χ0n) is 9.95. The van der Waals surface area contributed by atoms with Gasteiger partial charge in [-0.2, -0.15) is 0 Å². The van der Waals surface area contributed by atoms with E-state index in [4.69, 9.17) is 10.9 Å². The van der Waals surface area contributed by atoms with E-state index in [2.05, 4.69) is 10.5 Å². The van der Waals surface area contributed by atoms with Gasteiger partial charge in [0.2, 0.25) is 0 Å². The molecule has 0 aromatic carbocycles. The molecule has 0 aliphatic heterocycles. The van der Waals surface area contributed by atoms with Crippen LogP contribution in [0.15, 0.2) is 5.16 Å². The van der Waals surface area contributed by atoms with Crippen molar-refractivity contribution in [3.63, 3.8) is 0 Å². The molecule has 0 bridgehead atoms. The van der Waals surface area contributed by atoms with Crippen LogP contribution >= 0.6 is 0 Å². The Hall–Kier alpha value is -0.810. The van der Waals surface area contributed by atoms with Crippen LogP contribution in [0.3, 0.4) is 0 Å². The number of nitrogens with one attached hydrogen (secondary N) is 1. The molecule has 0 spiro atoms. The van der Waals surface area contributed by atoms with Gasteiger partial charge in [0.05, 0.1) is 5.60 Å². The highest BCUT2D eigenvalue weighted by Crippen LogP contribution is 2.28. The van der Waals surface area contributed by atoms with Gasteiger partial charge in [0.15, 0.2) is 0 Å². The summed E-state index contributed by atoms with van der Waals surface area (Å²) in [6.07, 6.45) is 5.37. The summed E-state index contributed by atoms with van der Waals surface area (Å²) in [4.78, 5) is 0. The molecule has 5 N–H and O–H groups in total. The summed E-state index contributed by atoms with van der Waals surface area (Å²) in [6.45, 7) is 2.64. The smallest absolute Gasteiger partial charge is 0.140 e. The second-order valence-electron chi connectivity index (χ2n) is 4.71. The van der Waals surface area contributed by atoms with Crippen molar-refractivity contribution in [3.05, 3.63) is 0 Å². The van der Waals surface area contributed by atoms with E-state index in [1.165, 1.54) is 0 Å². The second-order valence-corrected chi connectivity index (χ2v) is 4.71. The van der Waals surface area contributed by atoms with E-state index in [-0.39, 0.29) is 11.9 Å². The molecular formula is C11H23N3O2. The van der Waals surface area contributed by atoms with Gasteiger partial charge in [-0.3, -0.25) is 0 Å². The standard InChI is InChI=1S/C11H23N3O2/c1-2-9(7-10(12)14-16)13-8-11(15)5-3-4-6-11/h9,13,15-16H,2-8H2,1H3,(H2,12,14). The van der Waals surface area contributed by atoms with Gasteiger partial charge < -0.3 is 21.4 Å². The van der Waals surface area contributed by atoms with Crippen LogP contribution in [-0.2, 0) is 0 Å². The van der Waals surface area contributed by atoms with Crippen LogP contribution in [0.1, 0.15) is 45.4 Å². The van der Waals surface area contributed by atoms with E-state index in [0.29, 0.717) is 13.0 Å². The molecule has 1 unspecified atom stereocenters. The average molecular weight is 229 g/mol. The average Bonchev–Trinajstić information content (AvgIpc) is 2.71. The van der Waals surface area contributed by atoms with E-state index in [1.54, 1.807) is 0 Å². The summed E-state index contributed by atoms with van der Waals surface area (Å²) in [5.41, 5.74) is 4.92. The maximum absolute atomic E-state index is 10.2. The number of nitrogens with two attached hydrogens (primary N) is 1. The first-order valence-corrected chi connectivity index (χ1v) is 6.02. The number of hydrogen-bond donors (Lipinski definition) is 4. The van der Waals surface area contributed by atoms with E-state index < -0.39 is 5.60 Å². The predicted octanol–water partition coefficient (Wildman–Crippen LogP) is 0.796. The Morgan fingerprint density at radius 2 is 2.12 bits per heavy atom. The molecule has 16 heavy (non-hydrogen) atoms. The van der Waals surface area contributed by atoms with Crippen LogP contribution in [0, 0.1) is 0 Å². The van der Waals surface area contributed by atoms with Gasteiger partial charge in [0, 0.05) is 19.0 Å². The van der Waals surface area contributed by atoms with E-state index in [0.717, 1.165) is 32.1 Å². The molecule has 1 aliphatic carbocycles. The zero-order valence-corrected chi connectivity index (χ0v) is 9.95. The summed E-state index contributed by atoms with van der Waals surface area (Å²) in [7, 11) is 0. The topological polar surface area (TPSA) is 90.9 Å². The minimum absolute atomic E-state index is 0.167. The second kappa shape index (κ2) is 6.06. The van der Waals surface area contributed by atoms with Crippen molar-refractivity contribution < 1.29 is 10.3 Å². The maximum Gasteiger partial charge on any atom is 0.140 e. The minimum atomic E-state index is -0.543. The zero-order chi connectivity index (χ0) is 12.0. The molecule has 1 fully saturated rings. The maximum atomic E-state index is 10.2. The Morgan fingerprint density at radius 1 is 1.50 bits per heavy atom. The van der Waals surface area contributed by atoms with Crippen LogP contribution in [0.5, 0.6) is 0 Å². The third kappa shape index (κ3) is 3.98. The van der Waals surface area contributed by atoms with Crippen LogP contribution in [0.2, 0.25) is 0 Å². The molecule has 94 valence electrons. The van der Waals surface area contributed by atoms with Gasteiger partial charge in [0.25, 0.3) is 0 Å². The van der Waals surface area contributed by atoms with Crippen LogP contribution in [0.4, 0.5) is 0 Å². The van der Waals surface area contributed by atoms with Crippen molar-refractivity contribution in [2.24, 2.45) is 10.9 Å². The van der Waals surface area contributed by atoms with Crippen molar-refractivity contribution in [1.29, 1.82) is 0 Å². The Labute approximate surface area is 96.7 Å². The number of hydrogen-bond acceptors (Lipinski definition) is 4. The van der Waals surface area contributed by atoms with Gasteiger partial charge in [-0.05, 0) is 19.3 Å². The van der Waals surface area contributed by atoms with Crippen molar-refractivity contribution >= 4 is 5.84 Å². The highest BCUT2D eigenvalue weighted by molar-refractivity contribution is 5.80. The number of aliphatic hydroxyl groups is 1. The Morgan fingerprint density at radius 3 is 2.62 bits per heavy atom. The van der Waals surface area contributed by atoms with Gasteiger partial charge >= 0.3 is 0 Å². The van der Waals surface area contributed by atoms with Crippen LogP contribution in [0.25, 0.3) is 0 Å². The molecule has 0 saturated heterocycles. The molecular weight excluding hydrogens is 206 g/mol. The van der Waals surface area contributed by atoms with Gasteiger partial charge in [-0.25, -0.2) is 0 Å². The molecule has 1 atom stereocenters. The summed E-state index contributed by atoms with van der Waals surface area (Å²) in [5, 5.41) is 24.9. The first-order valence-electron chi connectivity index (χ1n) is 6.02. The van der Waals surface area contributed by atoms with Crippen molar-refractivity contribution in [2.75, 3.05) is 6.54 Å². The lowest BCUT2D eigenvalue weighted by molar-refractivity contribution is 0.0449. The third-order valence-corrected chi connectivity index (χ3v) is 3.33. The normalized spacial score (nSPS) is 22.2. The van der Waals surface area contributed by atoms with E-state index in [1.807, 2.05) is 6.92 Å². The fourth-order valence-electron chi connectivity index (χ4n) is 2.20. The van der Waals surface area contributed by atoms with Crippen molar-refractivity contribution in [3.8, 4) is 0 Å². The molecule has 0 aromatic heterocycles. The fraction of sp³-hybridized carbons (Fsp3) is 0.909. The third-order valence-electron chi connectivity index (χ3n) is 3.33. The van der Waals surface area contributed by atoms with Crippen molar-refractivity contribution in [1.82, 2.24) is 5.32 Å².